The van der Waals surface area contributed by atoms with Gasteiger partial charge in [-0.2, -0.15) is 0 Å². The number of likely N-dealkylation sites (N-methyl/N-ethyl adjacent to an activating group) is 1. The number of aromatic nitrogens is 1. The number of aryl methyl sites for hydroxylation is 1. The van der Waals surface area contributed by atoms with Crippen molar-refractivity contribution in [1.82, 2.24) is 30.3 Å². The van der Waals surface area contributed by atoms with Crippen molar-refractivity contribution in [2.45, 2.75) is 88.4 Å². The number of para-hydroxylation sites is 1. The van der Waals surface area contributed by atoms with Crippen molar-refractivity contribution in [2.24, 2.45) is 0 Å². The Morgan fingerprint density at radius 1 is 0.768 bits per heavy atom. The fraction of sp³-hybridized carbons (Fsp3) is 0.432. The molecule has 4 aromatic rings. The van der Waals surface area contributed by atoms with Crippen molar-refractivity contribution in [1.29, 1.82) is 0 Å². The van der Waals surface area contributed by atoms with Crippen LogP contribution in [0.25, 0.3) is 10.9 Å². The second-order valence-electron chi connectivity index (χ2n) is 15.0. The number of nitrogens with zero attached hydrogens (tertiary/aromatic N) is 3. The molecule has 2 saturated heterocycles. The van der Waals surface area contributed by atoms with Crippen LogP contribution in [0.15, 0.2) is 91.1 Å². The number of carbonyl (C=O) groups is 5. The van der Waals surface area contributed by atoms with E-state index in [9.17, 15) is 24.0 Å². The van der Waals surface area contributed by atoms with Crippen LogP contribution in [0.3, 0.4) is 0 Å². The fourth-order valence-corrected chi connectivity index (χ4v) is 8.16. The third kappa shape index (κ3) is 10.2. The van der Waals surface area contributed by atoms with Crippen molar-refractivity contribution in [3.05, 3.63) is 108 Å². The van der Waals surface area contributed by atoms with Crippen LogP contribution in [0.1, 0.15) is 61.6 Å². The number of carbonyl (C=O) groups excluding carboxylic acids is 5. The Morgan fingerprint density at radius 3 is 2.14 bits per heavy atom. The maximum absolute atomic E-state index is 14.5. The molecule has 1 aromatic heterocycles. The molecule has 0 bridgehead atoms. The summed E-state index contributed by atoms with van der Waals surface area (Å²) in [6.45, 7) is 1.62. The van der Waals surface area contributed by atoms with E-state index in [2.05, 4.69) is 15.6 Å². The number of fused-ring (bicyclic) bond motifs is 1. The van der Waals surface area contributed by atoms with Gasteiger partial charge >= 0.3 is 0 Å². The first-order valence-corrected chi connectivity index (χ1v) is 20.4. The van der Waals surface area contributed by atoms with Crippen LogP contribution in [-0.2, 0) is 43.2 Å². The Labute approximate surface area is 334 Å². The van der Waals surface area contributed by atoms with Crippen molar-refractivity contribution in [2.75, 3.05) is 32.6 Å². The van der Waals surface area contributed by atoms with Crippen molar-refractivity contribution < 1.29 is 24.0 Å². The molecule has 0 saturated carbocycles. The molecule has 3 heterocycles. The summed E-state index contributed by atoms with van der Waals surface area (Å²) in [5, 5.41) is 7.04. The zero-order valence-corrected chi connectivity index (χ0v) is 32.9. The third-order valence-electron chi connectivity index (χ3n) is 11.2. The number of rotatable bonds is 15. The Morgan fingerprint density at radius 2 is 1.43 bits per heavy atom. The number of benzene rings is 3. The second-order valence-corrected chi connectivity index (χ2v) is 15.3. The summed E-state index contributed by atoms with van der Waals surface area (Å²) < 4.78 is 0. The number of piperidine rings is 2. The quantitative estimate of drug-likeness (QED) is 0.146. The summed E-state index contributed by atoms with van der Waals surface area (Å²) in [5.74, 6) is -2.05. The minimum absolute atomic E-state index is 0.115. The zero-order chi connectivity index (χ0) is 39.4. The molecular weight excluding hydrogens is 728 g/mol. The number of likely N-dealkylation sites (tertiary alicyclic amines) is 2. The van der Waals surface area contributed by atoms with Crippen molar-refractivity contribution in [3.63, 3.8) is 0 Å². The number of amides is 5. The molecule has 3 aromatic carbocycles. The van der Waals surface area contributed by atoms with Gasteiger partial charge in [-0.1, -0.05) is 78.9 Å². The zero-order valence-electron chi connectivity index (χ0n) is 32.1. The van der Waals surface area contributed by atoms with Crippen LogP contribution in [0, 0.1) is 0 Å². The SMILES string of the molecule is CN(C(=O)CCl)[C@@H](Cc1ccccc1)C(=O)N1CCCC[C@H]1C(=O)N[C@@H](Cc1c[nH]c2ccccc12)C(=O)N[C@@H](CCc1ccccc1)C(=O)N1CCCCC1. The molecule has 0 spiro atoms. The number of nitrogens with one attached hydrogen (secondary N) is 3. The van der Waals surface area contributed by atoms with Crippen molar-refractivity contribution >= 4 is 52.0 Å². The maximum atomic E-state index is 14.5. The first-order valence-electron chi connectivity index (χ1n) is 19.9. The average Bonchev–Trinajstić information content (AvgIpc) is 3.66. The van der Waals surface area contributed by atoms with E-state index in [4.69, 9.17) is 11.6 Å². The average molecular weight is 781 g/mol. The van der Waals surface area contributed by atoms with Gasteiger partial charge in [0.2, 0.25) is 29.5 Å². The highest BCUT2D eigenvalue weighted by Gasteiger charge is 2.40. The normalized spacial score (nSPS) is 17.4. The Balaban J connectivity index is 1.26. The molecule has 0 radical (unpaired) electrons. The Bertz CT molecular complexity index is 1950. The standard InChI is InChI=1S/C44H53ClN6O5/c1-49(40(52)29-45)39(27-32-17-7-3-8-18-32)44(56)51-26-14-11-21-38(51)42(54)48-37(28-33-30-46-35-20-10-9-19-34(33)35)41(53)47-36(23-22-31-15-5-2-6-16-31)43(55)50-24-12-4-13-25-50/h2-3,5-10,15-20,30,36-39,46H,4,11-14,21-29H2,1H3,(H,47,53)(H,48,54)/t36-,37-,38-,39-/m0/s1. The molecular formula is C44H53ClN6O5. The topological polar surface area (TPSA) is 135 Å². The number of alkyl halides is 1. The highest BCUT2D eigenvalue weighted by atomic mass is 35.5. The molecule has 5 amide bonds. The molecule has 3 N–H and O–H groups in total. The molecule has 2 aliphatic heterocycles. The lowest BCUT2D eigenvalue weighted by atomic mass is 9.96. The van der Waals surface area contributed by atoms with Crippen LogP contribution >= 0.6 is 11.6 Å². The van der Waals surface area contributed by atoms with E-state index in [1.54, 1.807) is 11.9 Å². The second kappa shape index (κ2) is 19.6. The third-order valence-corrected chi connectivity index (χ3v) is 11.4. The van der Waals surface area contributed by atoms with E-state index in [1.165, 1.54) is 4.90 Å². The summed E-state index contributed by atoms with van der Waals surface area (Å²) in [4.78, 5) is 78.3. The number of H-pyrrole nitrogens is 1. The molecule has 4 atom stereocenters. The summed E-state index contributed by atoms with van der Waals surface area (Å²) in [7, 11) is 1.57. The first kappa shape index (κ1) is 40.5. The summed E-state index contributed by atoms with van der Waals surface area (Å²) >= 11 is 5.95. The molecule has 12 heteroatoms. The molecule has 2 aliphatic rings. The first-order chi connectivity index (χ1) is 27.2. The number of aromatic amines is 1. The number of hydrogen-bond acceptors (Lipinski definition) is 5. The molecule has 0 unspecified atom stereocenters. The van der Waals surface area contributed by atoms with Gasteiger partial charge in [-0.05, 0) is 74.1 Å². The molecule has 56 heavy (non-hydrogen) atoms. The predicted octanol–water partition coefficient (Wildman–Crippen LogP) is 5.01. The summed E-state index contributed by atoms with van der Waals surface area (Å²) in [5.41, 5.74) is 3.67. The van der Waals surface area contributed by atoms with Gasteiger partial charge in [0.1, 0.15) is 30.0 Å². The van der Waals surface area contributed by atoms with Crippen LogP contribution in [0.5, 0.6) is 0 Å². The van der Waals surface area contributed by atoms with E-state index in [0.29, 0.717) is 51.7 Å². The van der Waals surface area contributed by atoms with Crippen LogP contribution < -0.4 is 10.6 Å². The van der Waals surface area contributed by atoms with Crippen LogP contribution in [0.4, 0.5) is 0 Å². The van der Waals surface area contributed by atoms with Gasteiger partial charge in [-0.25, -0.2) is 0 Å². The van der Waals surface area contributed by atoms with Gasteiger partial charge < -0.3 is 30.3 Å². The van der Waals surface area contributed by atoms with Crippen LogP contribution in [0.2, 0.25) is 0 Å². The summed E-state index contributed by atoms with van der Waals surface area (Å²) in [6, 6.07) is 23.5. The molecule has 11 nitrogen and oxygen atoms in total. The minimum Gasteiger partial charge on any atom is -0.361 e. The molecule has 6 rings (SSSR count). The van der Waals surface area contributed by atoms with Gasteiger partial charge in [0, 0.05) is 56.6 Å². The fourth-order valence-electron chi connectivity index (χ4n) is 7.97. The largest absolute Gasteiger partial charge is 0.361 e. The molecule has 2 fully saturated rings. The minimum atomic E-state index is -1.05. The maximum Gasteiger partial charge on any atom is 0.246 e. The van der Waals surface area contributed by atoms with Crippen LogP contribution in [-0.4, -0.2) is 106 Å². The van der Waals surface area contributed by atoms with E-state index in [-0.39, 0.29) is 30.5 Å². The monoisotopic (exact) mass is 780 g/mol. The van der Waals surface area contributed by atoms with Gasteiger partial charge in [0.15, 0.2) is 0 Å². The van der Waals surface area contributed by atoms with Gasteiger partial charge in [-0.3, -0.25) is 24.0 Å². The van der Waals surface area contributed by atoms with Gasteiger partial charge in [-0.15, -0.1) is 11.6 Å². The van der Waals surface area contributed by atoms with Gasteiger partial charge in [0.25, 0.3) is 0 Å². The lowest BCUT2D eigenvalue weighted by Gasteiger charge is -2.39. The lowest BCUT2D eigenvalue weighted by Crippen LogP contribution is -2.61. The number of halogens is 1. The lowest BCUT2D eigenvalue weighted by molar-refractivity contribution is -0.150. The molecule has 0 aliphatic carbocycles. The number of hydrogen-bond donors (Lipinski definition) is 3. The van der Waals surface area contributed by atoms with Crippen molar-refractivity contribution in [3.8, 4) is 0 Å². The van der Waals surface area contributed by atoms with E-state index in [0.717, 1.165) is 46.9 Å². The van der Waals surface area contributed by atoms with E-state index < -0.39 is 41.9 Å². The van der Waals surface area contributed by atoms with E-state index >= 15 is 0 Å². The molecule has 296 valence electrons. The van der Waals surface area contributed by atoms with Gasteiger partial charge in [0.05, 0.1) is 0 Å². The summed E-state index contributed by atoms with van der Waals surface area (Å²) in [6.07, 6.45) is 7.97. The van der Waals surface area contributed by atoms with E-state index in [1.807, 2.05) is 96.0 Å². The Kier molecular flexibility index (Phi) is 14.2. The predicted molar refractivity (Wildman–Crippen MR) is 218 cm³/mol. The Hall–Kier alpha value is -5.16. The highest BCUT2D eigenvalue weighted by molar-refractivity contribution is 6.27. The highest BCUT2D eigenvalue weighted by Crippen LogP contribution is 2.24. The smallest absolute Gasteiger partial charge is 0.246 e.